The van der Waals surface area contributed by atoms with Crippen molar-refractivity contribution in [1.29, 1.82) is 0 Å². The van der Waals surface area contributed by atoms with Crippen molar-refractivity contribution in [3.63, 3.8) is 0 Å². The number of aromatic nitrogens is 2. The molecule has 11 heteroatoms. The minimum Gasteiger partial charge on any atom is -0.487 e. The molecule has 3 aromatic carbocycles. The van der Waals surface area contributed by atoms with Crippen LogP contribution in [0.3, 0.4) is 0 Å². The number of halogens is 2. The molecule has 42 heavy (non-hydrogen) atoms. The number of ether oxygens (including phenoxy) is 3. The molecule has 0 saturated carbocycles. The molecule has 0 aliphatic carbocycles. The molecule has 1 aliphatic heterocycles. The summed E-state index contributed by atoms with van der Waals surface area (Å²) in [5, 5.41) is 7.26. The number of carbonyl (C=O) groups excluding carboxylic acids is 1. The molecule has 1 amide bonds. The molecule has 0 radical (unpaired) electrons. The number of benzene rings is 3. The zero-order valence-corrected chi connectivity index (χ0v) is 24.0. The van der Waals surface area contributed by atoms with Crippen LogP contribution in [0.1, 0.15) is 12.0 Å². The summed E-state index contributed by atoms with van der Waals surface area (Å²) in [6.45, 7) is 1.91. The summed E-state index contributed by atoms with van der Waals surface area (Å²) < 4.78 is 30.9. The van der Waals surface area contributed by atoms with Crippen molar-refractivity contribution in [1.82, 2.24) is 14.9 Å². The molecule has 2 heterocycles. The lowest BCUT2D eigenvalue weighted by atomic mass is 10.1. The summed E-state index contributed by atoms with van der Waals surface area (Å²) in [6, 6.07) is 15.0. The van der Waals surface area contributed by atoms with E-state index in [1.54, 1.807) is 48.5 Å². The zero-order chi connectivity index (χ0) is 29.5. The van der Waals surface area contributed by atoms with E-state index in [2.05, 4.69) is 20.6 Å². The van der Waals surface area contributed by atoms with Crippen molar-refractivity contribution in [2.45, 2.75) is 19.1 Å². The van der Waals surface area contributed by atoms with E-state index < -0.39 is 0 Å². The molecule has 0 spiro atoms. The van der Waals surface area contributed by atoms with Gasteiger partial charge in [0.25, 0.3) is 0 Å². The molecule has 4 aromatic rings. The van der Waals surface area contributed by atoms with Crippen LogP contribution in [0.2, 0.25) is 5.02 Å². The molecule has 0 unspecified atom stereocenters. The third-order valence-corrected chi connectivity index (χ3v) is 6.69. The van der Waals surface area contributed by atoms with Crippen molar-refractivity contribution in [3.8, 4) is 11.5 Å². The number of carbonyl (C=O) groups is 1. The summed E-state index contributed by atoms with van der Waals surface area (Å²) in [5.74, 6) is 0.868. The molecule has 5 rings (SSSR count). The van der Waals surface area contributed by atoms with Crippen molar-refractivity contribution < 1.29 is 23.4 Å². The first-order valence-corrected chi connectivity index (χ1v) is 13.8. The van der Waals surface area contributed by atoms with Gasteiger partial charge in [-0.05, 0) is 56.1 Å². The quantitative estimate of drug-likeness (QED) is 0.206. The van der Waals surface area contributed by atoms with Crippen LogP contribution in [-0.4, -0.2) is 60.7 Å². The van der Waals surface area contributed by atoms with Gasteiger partial charge in [0.05, 0.1) is 29.4 Å². The predicted molar refractivity (Wildman–Crippen MR) is 161 cm³/mol. The van der Waals surface area contributed by atoms with E-state index in [4.69, 9.17) is 25.8 Å². The average molecular weight is 592 g/mol. The lowest BCUT2D eigenvalue weighted by molar-refractivity contribution is -0.111. The second kappa shape index (κ2) is 13.6. The Morgan fingerprint density at radius 2 is 2.05 bits per heavy atom. The van der Waals surface area contributed by atoms with Crippen LogP contribution in [0.4, 0.5) is 21.6 Å². The second-order valence-corrected chi connectivity index (χ2v) is 10.4. The molecule has 0 bridgehead atoms. The van der Waals surface area contributed by atoms with Crippen LogP contribution in [-0.2, 0) is 16.1 Å². The van der Waals surface area contributed by atoms with Gasteiger partial charge in [-0.3, -0.25) is 4.79 Å². The predicted octanol–water partition coefficient (Wildman–Crippen LogP) is 5.97. The van der Waals surface area contributed by atoms with Crippen molar-refractivity contribution >= 4 is 45.6 Å². The normalized spacial score (nSPS) is 14.9. The Balaban J connectivity index is 1.38. The van der Waals surface area contributed by atoms with Crippen LogP contribution < -0.4 is 20.1 Å². The number of nitrogens with one attached hydrogen (secondary N) is 2. The maximum absolute atomic E-state index is 13.5. The van der Waals surface area contributed by atoms with Crippen LogP contribution in [0.5, 0.6) is 11.5 Å². The van der Waals surface area contributed by atoms with Crippen LogP contribution >= 0.6 is 11.6 Å². The zero-order valence-electron chi connectivity index (χ0n) is 23.3. The highest BCUT2D eigenvalue weighted by molar-refractivity contribution is 6.32. The number of likely N-dealkylation sites (N-methyl/N-ethyl adjacent to an activating group) is 1. The fourth-order valence-corrected chi connectivity index (χ4v) is 4.56. The van der Waals surface area contributed by atoms with E-state index in [9.17, 15) is 9.18 Å². The van der Waals surface area contributed by atoms with Gasteiger partial charge in [-0.25, -0.2) is 14.4 Å². The monoisotopic (exact) mass is 591 g/mol. The Morgan fingerprint density at radius 1 is 1.17 bits per heavy atom. The third-order valence-electron chi connectivity index (χ3n) is 6.39. The Bertz CT molecular complexity index is 1590. The summed E-state index contributed by atoms with van der Waals surface area (Å²) >= 11 is 6.50. The van der Waals surface area contributed by atoms with Crippen molar-refractivity contribution in [2.75, 3.05) is 44.5 Å². The first-order chi connectivity index (χ1) is 20.3. The number of amides is 1. The first-order valence-electron chi connectivity index (χ1n) is 13.4. The Morgan fingerprint density at radius 3 is 2.81 bits per heavy atom. The van der Waals surface area contributed by atoms with Gasteiger partial charge < -0.3 is 29.7 Å². The highest BCUT2D eigenvalue weighted by atomic mass is 35.5. The fraction of sp³-hybridized carbons (Fsp3) is 0.258. The second-order valence-electron chi connectivity index (χ2n) is 10.0. The largest absolute Gasteiger partial charge is 0.487 e. The summed E-state index contributed by atoms with van der Waals surface area (Å²) in [4.78, 5) is 23.6. The standard InChI is InChI=1S/C31H31ClFN5O4/c1-38(2)11-4-7-30(39)37-27-15-24-26(16-29(27)42-23-10-12-40-18-23)34-19-35-31(24)36-22-8-9-28(25(32)14-22)41-17-20-5-3-6-21(33)13-20/h3-9,13-16,19,23H,10-12,17-18H2,1-2H3,(H,37,39)(H,34,35,36)/b7-4+/t23-/m1/s1. The summed E-state index contributed by atoms with van der Waals surface area (Å²) in [5.41, 5.74) is 2.48. The molecule has 1 aliphatic rings. The lowest BCUT2D eigenvalue weighted by Crippen LogP contribution is -2.18. The van der Waals surface area contributed by atoms with E-state index in [1.807, 2.05) is 19.0 Å². The van der Waals surface area contributed by atoms with Gasteiger partial charge >= 0.3 is 0 Å². The molecule has 9 nitrogen and oxygen atoms in total. The molecular weight excluding hydrogens is 561 g/mol. The maximum Gasteiger partial charge on any atom is 0.248 e. The summed E-state index contributed by atoms with van der Waals surface area (Å²) in [6.07, 6.45) is 5.37. The fourth-order valence-electron chi connectivity index (χ4n) is 4.33. The van der Waals surface area contributed by atoms with Crippen molar-refractivity contribution in [2.24, 2.45) is 0 Å². The first kappa shape index (κ1) is 29.2. The topological polar surface area (TPSA) is 97.8 Å². The number of anilines is 3. The van der Waals surface area contributed by atoms with Gasteiger partial charge in [0.15, 0.2) is 0 Å². The third kappa shape index (κ3) is 7.73. The van der Waals surface area contributed by atoms with E-state index in [0.29, 0.717) is 69.9 Å². The van der Waals surface area contributed by atoms with Crippen LogP contribution in [0.25, 0.3) is 10.9 Å². The van der Waals surface area contributed by atoms with E-state index in [-0.39, 0.29) is 24.4 Å². The maximum atomic E-state index is 13.5. The molecule has 1 aromatic heterocycles. The minimum absolute atomic E-state index is 0.120. The molecule has 218 valence electrons. The minimum atomic E-state index is -0.325. The Kier molecular flexibility index (Phi) is 9.48. The Hall–Kier alpha value is -4.25. The van der Waals surface area contributed by atoms with Gasteiger partial charge in [0.1, 0.15) is 42.2 Å². The van der Waals surface area contributed by atoms with Gasteiger partial charge in [-0.1, -0.05) is 29.8 Å². The smallest absolute Gasteiger partial charge is 0.248 e. The average Bonchev–Trinajstić information content (AvgIpc) is 3.46. The van der Waals surface area contributed by atoms with Gasteiger partial charge in [-0.15, -0.1) is 0 Å². The molecule has 1 saturated heterocycles. The number of fused-ring (bicyclic) bond motifs is 1. The molecule has 1 atom stereocenters. The van der Waals surface area contributed by atoms with Gasteiger partial charge in [-0.2, -0.15) is 0 Å². The number of rotatable bonds is 11. The molecular formula is C31H31ClFN5O4. The summed E-state index contributed by atoms with van der Waals surface area (Å²) in [7, 11) is 3.85. The number of nitrogens with zero attached hydrogens (tertiary/aromatic N) is 3. The van der Waals surface area contributed by atoms with Crippen LogP contribution in [0, 0.1) is 5.82 Å². The lowest BCUT2D eigenvalue weighted by Gasteiger charge is -2.18. The molecule has 1 fully saturated rings. The van der Waals surface area contributed by atoms with Crippen LogP contribution in [0.15, 0.2) is 73.1 Å². The highest BCUT2D eigenvalue weighted by Gasteiger charge is 2.21. The van der Waals surface area contributed by atoms with E-state index in [1.165, 1.54) is 24.5 Å². The van der Waals surface area contributed by atoms with Gasteiger partial charge in [0.2, 0.25) is 5.91 Å². The van der Waals surface area contributed by atoms with E-state index in [0.717, 1.165) is 6.42 Å². The highest BCUT2D eigenvalue weighted by Crippen LogP contribution is 2.36. The Labute approximate surface area is 248 Å². The van der Waals surface area contributed by atoms with Crippen molar-refractivity contribution in [3.05, 3.63) is 89.5 Å². The number of hydrogen-bond donors (Lipinski definition) is 2. The molecule has 2 N–H and O–H groups in total. The SMILES string of the molecule is CN(C)C/C=C/C(=O)Nc1cc2c(Nc3ccc(OCc4cccc(F)c4)c(Cl)c3)ncnc2cc1O[C@@H]1CCOC1. The van der Waals surface area contributed by atoms with E-state index >= 15 is 0 Å². The number of hydrogen-bond acceptors (Lipinski definition) is 8. The van der Waals surface area contributed by atoms with Gasteiger partial charge in [0, 0.05) is 36.2 Å².